The predicted octanol–water partition coefficient (Wildman–Crippen LogP) is 3.54. The molecule has 1 aromatic heterocycles. The number of hydrogen-bond donors (Lipinski definition) is 1. The van der Waals surface area contributed by atoms with Crippen molar-refractivity contribution in [3.8, 4) is 5.88 Å². The smallest absolute Gasteiger partial charge is 0.213 e. The maximum absolute atomic E-state index is 6.02. The molecule has 2 unspecified atom stereocenters. The third-order valence-corrected chi connectivity index (χ3v) is 3.82. The molecule has 1 fully saturated rings. The SMILES string of the molecule is CC(C)NCc1ccc(OC2CCCCC2C)nc1. The molecule has 0 aromatic carbocycles. The lowest BCUT2D eigenvalue weighted by Crippen LogP contribution is -2.28. The Balaban J connectivity index is 1.87. The Bertz CT molecular complexity index is 375. The van der Waals surface area contributed by atoms with Crippen LogP contribution in [0.3, 0.4) is 0 Å². The standard InChI is InChI=1S/C16H26N2O/c1-12(2)17-10-14-8-9-16(18-11-14)19-15-7-5-4-6-13(15)3/h8-9,11-13,15,17H,4-7,10H2,1-3H3. The van der Waals surface area contributed by atoms with Crippen LogP contribution in [0.15, 0.2) is 18.3 Å². The first-order valence-corrected chi connectivity index (χ1v) is 7.50. The Hall–Kier alpha value is -1.09. The Kier molecular flexibility index (Phi) is 5.20. The third kappa shape index (κ3) is 4.50. The van der Waals surface area contributed by atoms with Gasteiger partial charge in [-0.2, -0.15) is 0 Å². The summed E-state index contributed by atoms with van der Waals surface area (Å²) in [4.78, 5) is 4.42. The molecule has 3 nitrogen and oxygen atoms in total. The molecule has 106 valence electrons. The van der Waals surface area contributed by atoms with Gasteiger partial charge in [-0.25, -0.2) is 4.98 Å². The van der Waals surface area contributed by atoms with Gasteiger partial charge < -0.3 is 10.1 Å². The zero-order valence-corrected chi connectivity index (χ0v) is 12.4. The number of nitrogens with zero attached hydrogens (tertiary/aromatic N) is 1. The summed E-state index contributed by atoms with van der Waals surface area (Å²) < 4.78 is 6.02. The molecule has 1 aliphatic carbocycles. The van der Waals surface area contributed by atoms with Crippen LogP contribution in [0.2, 0.25) is 0 Å². The molecule has 0 radical (unpaired) electrons. The largest absolute Gasteiger partial charge is 0.474 e. The second-order valence-corrected chi connectivity index (χ2v) is 5.96. The molecule has 0 saturated heterocycles. The summed E-state index contributed by atoms with van der Waals surface area (Å²) >= 11 is 0. The molecule has 0 amide bonds. The molecule has 0 aliphatic heterocycles. The van der Waals surface area contributed by atoms with Gasteiger partial charge in [0.25, 0.3) is 0 Å². The van der Waals surface area contributed by atoms with Crippen LogP contribution in [-0.4, -0.2) is 17.1 Å². The molecular weight excluding hydrogens is 236 g/mol. The van der Waals surface area contributed by atoms with E-state index in [1.807, 2.05) is 12.3 Å². The van der Waals surface area contributed by atoms with Crippen molar-refractivity contribution in [1.82, 2.24) is 10.3 Å². The van der Waals surface area contributed by atoms with Crippen LogP contribution in [-0.2, 0) is 6.54 Å². The minimum atomic E-state index is 0.348. The summed E-state index contributed by atoms with van der Waals surface area (Å²) in [5.41, 5.74) is 1.21. The quantitative estimate of drug-likeness (QED) is 0.881. The molecule has 1 saturated carbocycles. The fourth-order valence-corrected chi connectivity index (χ4v) is 2.52. The van der Waals surface area contributed by atoms with E-state index < -0.39 is 0 Å². The van der Waals surface area contributed by atoms with Crippen LogP contribution in [0.25, 0.3) is 0 Å². The van der Waals surface area contributed by atoms with Crippen LogP contribution >= 0.6 is 0 Å². The first-order chi connectivity index (χ1) is 9.15. The number of rotatable bonds is 5. The second-order valence-electron chi connectivity index (χ2n) is 5.96. The van der Waals surface area contributed by atoms with Crippen molar-refractivity contribution in [3.05, 3.63) is 23.9 Å². The van der Waals surface area contributed by atoms with Gasteiger partial charge in [-0.15, -0.1) is 0 Å². The average molecular weight is 262 g/mol. The Morgan fingerprint density at radius 3 is 2.74 bits per heavy atom. The van der Waals surface area contributed by atoms with E-state index in [0.717, 1.165) is 12.4 Å². The minimum absolute atomic E-state index is 0.348. The Labute approximate surface area is 116 Å². The van der Waals surface area contributed by atoms with Crippen LogP contribution in [0.4, 0.5) is 0 Å². The molecule has 2 rings (SSSR count). The number of pyridine rings is 1. The lowest BCUT2D eigenvalue weighted by Gasteiger charge is -2.28. The predicted molar refractivity (Wildman–Crippen MR) is 78.3 cm³/mol. The average Bonchev–Trinajstić information content (AvgIpc) is 2.40. The molecule has 0 bridgehead atoms. The summed E-state index contributed by atoms with van der Waals surface area (Å²) in [6, 6.07) is 4.60. The maximum Gasteiger partial charge on any atom is 0.213 e. The first kappa shape index (κ1) is 14.3. The Morgan fingerprint density at radius 2 is 2.11 bits per heavy atom. The molecule has 1 aliphatic rings. The second kappa shape index (κ2) is 6.90. The van der Waals surface area contributed by atoms with Crippen molar-refractivity contribution in [1.29, 1.82) is 0 Å². The van der Waals surface area contributed by atoms with Crippen LogP contribution in [0, 0.1) is 5.92 Å². The van der Waals surface area contributed by atoms with E-state index >= 15 is 0 Å². The van der Waals surface area contributed by atoms with E-state index in [1.54, 1.807) is 0 Å². The summed E-state index contributed by atoms with van der Waals surface area (Å²) in [6.45, 7) is 7.44. The highest BCUT2D eigenvalue weighted by Crippen LogP contribution is 2.27. The van der Waals surface area contributed by atoms with Crippen molar-refractivity contribution >= 4 is 0 Å². The van der Waals surface area contributed by atoms with Gasteiger partial charge in [0.05, 0.1) is 0 Å². The van der Waals surface area contributed by atoms with E-state index in [2.05, 4.69) is 37.1 Å². The molecule has 1 aromatic rings. The van der Waals surface area contributed by atoms with Crippen LogP contribution in [0.1, 0.15) is 52.0 Å². The van der Waals surface area contributed by atoms with Crippen molar-refractivity contribution in [3.63, 3.8) is 0 Å². The lowest BCUT2D eigenvalue weighted by molar-refractivity contribution is 0.0975. The Morgan fingerprint density at radius 1 is 1.32 bits per heavy atom. The van der Waals surface area contributed by atoms with E-state index in [4.69, 9.17) is 4.74 Å². The van der Waals surface area contributed by atoms with E-state index in [1.165, 1.54) is 31.2 Å². The number of hydrogen-bond acceptors (Lipinski definition) is 3. The van der Waals surface area contributed by atoms with E-state index in [9.17, 15) is 0 Å². The molecular formula is C16H26N2O. The topological polar surface area (TPSA) is 34.1 Å². The molecule has 0 spiro atoms. The van der Waals surface area contributed by atoms with E-state index in [0.29, 0.717) is 18.1 Å². The highest BCUT2D eigenvalue weighted by Gasteiger charge is 2.23. The van der Waals surface area contributed by atoms with Crippen molar-refractivity contribution in [2.24, 2.45) is 5.92 Å². The van der Waals surface area contributed by atoms with E-state index in [-0.39, 0.29) is 0 Å². The van der Waals surface area contributed by atoms with Gasteiger partial charge in [-0.05, 0) is 30.7 Å². The summed E-state index contributed by atoms with van der Waals surface area (Å²) in [5.74, 6) is 1.42. The zero-order valence-electron chi connectivity index (χ0n) is 12.4. The number of ether oxygens (including phenoxy) is 1. The molecule has 2 atom stereocenters. The summed E-state index contributed by atoms with van der Waals surface area (Å²) in [7, 11) is 0. The van der Waals surface area contributed by atoms with Gasteiger partial charge in [0.2, 0.25) is 5.88 Å². The van der Waals surface area contributed by atoms with Gasteiger partial charge >= 0.3 is 0 Å². The van der Waals surface area contributed by atoms with Crippen molar-refractivity contribution in [2.45, 2.75) is 65.1 Å². The highest BCUT2D eigenvalue weighted by molar-refractivity contribution is 5.18. The molecule has 3 heteroatoms. The van der Waals surface area contributed by atoms with Gasteiger partial charge in [0.15, 0.2) is 0 Å². The maximum atomic E-state index is 6.02. The van der Waals surface area contributed by atoms with Gasteiger partial charge in [0.1, 0.15) is 6.10 Å². The molecule has 1 N–H and O–H groups in total. The van der Waals surface area contributed by atoms with Gasteiger partial charge in [-0.3, -0.25) is 0 Å². The normalized spacial score (nSPS) is 23.6. The molecule has 1 heterocycles. The van der Waals surface area contributed by atoms with Crippen molar-refractivity contribution in [2.75, 3.05) is 0 Å². The lowest BCUT2D eigenvalue weighted by atomic mass is 9.88. The van der Waals surface area contributed by atoms with Gasteiger partial charge in [0, 0.05) is 24.8 Å². The first-order valence-electron chi connectivity index (χ1n) is 7.50. The number of nitrogens with one attached hydrogen (secondary N) is 1. The fraction of sp³-hybridized carbons (Fsp3) is 0.688. The monoisotopic (exact) mass is 262 g/mol. The zero-order chi connectivity index (χ0) is 13.7. The minimum Gasteiger partial charge on any atom is -0.474 e. The summed E-state index contributed by atoms with van der Waals surface area (Å²) in [6.07, 6.45) is 7.33. The third-order valence-electron chi connectivity index (χ3n) is 3.82. The van der Waals surface area contributed by atoms with Gasteiger partial charge in [-0.1, -0.05) is 33.3 Å². The molecule has 19 heavy (non-hydrogen) atoms. The number of aromatic nitrogens is 1. The summed E-state index contributed by atoms with van der Waals surface area (Å²) in [5, 5.41) is 3.39. The van der Waals surface area contributed by atoms with Crippen LogP contribution in [0.5, 0.6) is 5.88 Å². The fourth-order valence-electron chi connectivity index (χ4n) is 2.52. The highest BCUT2D eigenvalue weighted by atomic mass is 16.5. The van der Waals surface area contributed by atoms with Crippen molar-refractivity contribution < 1.29 is 4.74 Å². The van der Waals surface area contributed by atoms with Crippen LogP contribution < -0.4 is 10.1 Å².